The summed E-state index contributed by atoms with van der Waals surface area (Å²) in [6.07, 6.45) is 0. The average Bonchev–Trinajstić information content (AvgIpc) is 2.53. The van der Waals surface area contributed by atoms with Gasteiger partial charge in [-0.2, -0.15) is 0 Å². The molecule has 4 nitrogen and oxygen atoms in total. The summed E-state index contributed by atoms with van der Waals surface area (Å²) in [5.74, 6) is -2.72. The zero-order valence-corrected chi connectivity index (χ0v) is 11.7. The molecule has 2 aromatic carbocycles. The van der Waals surface area contributed by atoms with Gasteiger partial charge in [0, 0.05) is 0 Å². The quantitative estimate of drug-likeness (QED) is 0.829. The molecule has 0 spiro atoms. The summed E-state index contributed by atoms with van der Waals surface area (Å²) in [6.45, 7) is 1.38. The van der Waals surface area contributed by atoms with Gasteiger partial charge in [0.2, 0.25) is 5.91 Å². The van der Waals surface area contributed by atoms with E-state index in [1.807, 2.05) is 60.7 Å². The number of aliphatic carboxylic acids is 1. The highest BCUT2D eigenvalue weighted by Crippen LogP contribution is 2.22. The minimum Gasteiger partial charge on any atom is -0.481 e. The maximum atomic E-state index is 12.0. The van der Waals surface area contributed by atoms with E-state index in [1.165, 1.54) is 6.92 Å². The van der Waals surface area contributed by atoms with Crippen LogP contribution in [0.4, 0.5) is 0 Å². The van der Waals surface area contributed by atoms with Crippen molar-refractivity contribution < 1.29 is 14.7 Å². The Labute approximate surface area is 123 Å². The summed E-state index contributed by atoms with van der Waals surface area (Å²) < 4.78 is 0. The number of carboxylic acid groups (broad SMARTS) is 1. The average molecular weight is 283 g/mol. The maximum absolute atomic E-state index is 12.0. The predicted molar refractivity (Wildman–Crippen MR) is 79.7 cm³/mol. The Morgan fingerprint density at radius 3 is 1.71 bits per heavy atom. The van der Waals surface area contributed by atoms with Gasteiger partial charge in [0.1, 0.15) is 5.92 Å². The van der Waals surface area contributed by atoms with Crippen molar-refractivity contribution in [2.45, 2.75) is 13.0 Å². The molecular weight excluding hydrogens is 266 g/mol. The fraction of sp³-hybridized carbons (Fsp3) is 0.176. The molecule has 2 aromatic rings. The first kappa shape index (κ1) is 14.8. The topological polar surface area (TPSA) is 66.4 Å². The Kier molecular flexibility index (Phi) is 4.72. The van der Waals surface area contributed by atoms with Crippen molar-refractivity contribution in [3.8, 4) is 0 Å². The van der Waals surface area contributed by atoms with Gasteiger partial charge >= 0.3 is 5.97 Å². The summed E-state index contributed by atoms with van der Waals surface area (Å²) in [7, 11) is 0. The lowest BCUT2D eigenvalue weighted by molar-refractivity contribution is -0.146. The van der Waals surface area contributed by atoms with Gasteiger partial charge in [-0.05, 0) is 18.1 Å². The molecule has 0 aromatic heterocycles. The van der Waals surface area contributed by atoms with Gasteiger partial charge in [-0.3, -0.25) is 9.59 Å². The molecule has 0 heterocycles. The minimum atomic E-state index is -1.13. The van der Waals surface area contributed by atoms with E-state index < -0.39 is 17.8 Å². The number of hydrogen-bond donors (Lipinski definition) is 2. The molecule has 0 aliphatic heterocycles. The van der Waals surface area contributed by atoms with Crippen LogP contribution < -0.4 is 5.32 Å². The summed E-state index contributed by atoms with van der Waals surface area (Å²) >= 11 is 0. The van der Waals surface area contributed by atoms with Crippen LogP contribution in [0.25, 0.3) is 0 Å². The summed E-state index contributed by atoms with van der Waals surface area (Å²) in [5, 5.41) is 11.8. The molecule has 2 N–H and O–H groups in total. The normalized spacial score (nSPS) is 11.9. The molecule has 0 fully saturated rings. The summed E-state index contributed by atoms with van der Waals surface area (Å²) in [6, 6.07) is 18.6. The van der Waals surface area contributed by atoms with Crippen LogP contribution in [-0.4, -0.2) is 17.0 Å². The fourth-order valence-electron chi connectivity index (χ4n) is 2.03. The van der Waals surface area contributed by atoms with E-state index in [4.69, 9.17) is 5.11 Å². The molecule has 0 saturated carbocycles. The molecule has 0 aliphatic carbocycles. The summed E-state index contributed by atoms with van der Waals surface area (Å²) in [4.78, 5) is 23.0. The minimum absolute atomic E-state index is 0.360. The first-order chi connectivity index (χ1) is 10.1. The van der Waals surface area contributed by atoms with Gasteiger partial charge < -0.3 is 10.4 Å². The highest BCUT2D eigenvalue weighted by molar-refractivity contribution is 5.96. The largest absolute Gasteiger partial charge is 0.481 e. The van der Waals surface area contributed by atoms with Crippen LogP contribution in [0.5, 0.6) is 0 Å². The number of amides is 1. The number of carbonyl (C=O) groups excluding carboxylic acids is 1. The SMILES string of the molecule is CC(C(=O)O)C(=O)NC(c1ccccc1)c1ccccc1. The maximum Gasteiger partial charge on any atom is 0.315 e. The lowest BCUT2D eigenvalue weighted by atomic mass is 9.98. The van der Waals surface area contributed by atoms with Crippen molar-refractivity contribution in [2.75, 3.05) is 0 Å². The molecule has 1 amide bonds. The molecular formula is C17H17NO3. The number of nitrogens with one attached hydrogen (secondary N) is 1. The molecule has 2 rings (SSSR count). The molecule has 4 heteroatoms. The highest BCUT2D eigenvalue weighted by atomic mass is 16.4. The molecule has 1 atom stereocenters. The first-order valence-corrected chi connectivity index (χ1v) is 6.72. The smallest absolute Gasteiger partial charge is 0.315 e. The van der Waals surface area contributed by atoms with Crippen LogP contribution in [0.15, 0.2) is 60.7 Å². The molecule has 108 valence electrons. The van der Waals surface area contributed by atoms with Crippen LogP contribution in [-0.2, 0) is 9.59 Å². The van der Waals surface area contributed by atoms with Crippen LogP contribution in [0.3, 0.4) is 0 Å². The van der Waals surface area contributed by atoms with Gasteiger partial charge in [-0.25, -0.2) is 0 Å². The van der Waals surface area contributed by atoms with E-state index in [-0.39, 0.29) is 6.04 Å². The molecule has 0 radical (unpaired) electrons. The van der Waals surface area contributed by atoms with Gasteiger partial charge in [-0.15, -0.1) is 0 Å². The standard InChI is InChI=1S/C17H17NO3/c1-12(17(20)21)16(19)18-15(13-8-4-2-5-9-13)14-10-6-3-7-11-14/h2-12,15H,1H3,(H,18,19)(H,20,21). The van der Waals surface area contributed by atoms with Crippen LogP contribution in [0, 0.1) is 5.92 Å². The Morgan fingerprint density at radius 1 is 0.905 bits per heavy atom. The lowest BCUT2D eigenvalue weighted by Gasteiger charge is -2.21. The number of benzene rings is 2. The number of carbonyl (C=O) groups is 2. The fourth-order valence-corrected chi connectivity index (χ4v) is 2.03. The van der Waals surface area contributed by atoms with E-state index in [2.05, 4.69) is 5.32 Å². The van der Waals surface area contributed by atoms with E-state index in [0.717, 1.165) is 11.1 Å². The third kappa shape index (κ3) is 3.69. The zero-order chi connectivity index (χ0) is 15.2. The molecule has 0 bridgehead atoms. The first-order valence-electron chi connectivity index (χ1n) is 6.72. The molecule has 0 saturated heterocycles. The van der Waals surface area contributed by atoms with E-state index >= 15 is 0 Å². The van der Waals surface area contributed by atoms with Gasteiger partial charge in [-0.1, -0.05) is 60.7 Å². The van der Waals surface area contributed by atoms with Crippen LogP contribution in [0.2, 0.25) is 0 Å². The van der Waals surface area contributed by atoms with Gasteiger partial charge in [0.15, 0.2) is 0 Å². The second-order valence-electron chi connectivity index (χ2n) is 4.82. The zero-order valence-electron chi connectivity index (χ0n) is 11.7. The Morgan fingerprint density at radius 2 is 1.33 bits per heavy atom. The van der Waals surface area contributed by atoms with Crippen molar-refractivity contribution in [1.82, 2.24) is 5.32 Å². The van der Waals surface area contributed by atoms with Crippen molar-refractivity contribution >= 4 is 11.9 Å². The predicted octanol–water partition coefficient (Wildman–Crippen LogP) is 2.61. The highest BCUT2D eigenvalue weighted by Gasteiger charge is 2.24. The Balaban J connectivity index is 2.30. The third-order valence-electron chi connectivity index (χ3n) is 3.32. The Hall–Kier alpha value is -2.62. The molecule has 21 heavy (non-hydrogen) atoms. The third-order valence-corrected chi connectivity index (χ3v) is 3.32. The van der Waals surface area contributed by atoms with Crippen LogP contribution in [0.1, 0.15) is 24.1 Å². The van der Waals surface area contributed by atoms with Crippen molar-refractivity contribution in [3.05, 3.63) is 71.8 Å². The van der Waals surface area contributed by atoms with Crippen LogP contribution >= 0.6 is 0 Å². The lowest BCUT2D eigenvalue weighted by Crippen LogP contribution is -2.36. The van der Waals surface area contributed by atoms with Crippen molar-refractivity contribution in [1.29, 1.82) is 0 Å². The van der Waals surface area contributed by atoms with Gasteiger partial charge in [0.05, 0.1) is 6.04 Å². The monoisotopic (exact) mass is 283 g/mol. The number of rotatable bonds is 5. The van der Waals surface area contributed by atoms with E-state index in [9.17, 15) is 9.59 Å². The molecule has 0 aliphatic rings. The van der Waals surface area contributed by atoms with E-state index in [0.29, 0.717) is 0 Å². The van der Waals surface area contributed by atoms with Crippen molar-refractivity contribution in [2.24, 2.45) is 5.92 Å². The number of hydrogen-bond acceptors (Lipinski definition) is 2. The second-order valence-corrected chi connectivity index (χ2v) is 4.82. The van der Waals surface area contributed by atoms with E-state index in [1.54, 1.807) is 0 Å². The molecule has 1 unspecified atom stereocenters. The van der Waals surface area contributed by atoms with Crippen molar-refractivity contribution in [3.63, 3.8) is 0 Å². The second kappa shape index (κ2) is 6.70. The van der Waals surface area contributed by atoms with Gasteiger partial charge in [0.25, 0.3) is 0 Å². The summed E-state index contributed by atoms with van der Waals surface area (Å²) in [5.41, 5.74) is 1.82. The Bertz CT molecular complexity index is 571. The number of carboxylic acids is 1.